The zero-order valence-corrected chi connectivity index (χ0v) is 12.5. The highest BCUT2D eigenvalue weighted by Gasteiger charge is 2.15. The van der Waals surface area contributed by atoms with Crippen LogP contribution in [0.4, 0.5) is 0 Å². The Morgan fingerprint density at radius 1 is 1.12 bits per heavy atom. The van der Waals surface area contributed by atoms with Gasteiger partial charge in [-0.2, -0.15) is 0 Å². The van der Waals surface area contributed by atoms with Gasteiger partial charge in [-0.25, -0.2) is 0 Å². The predicted octanol–water partition coefficient (Wildman–Crippen LogP) is 2.70. The van der Waals surface area contributed by atoms with E-state index >= 15 is 0 Å². The maximum Gasteiger partial charge on any atom is 0.0598 e. The van der Waals surface area contributed by atoms with Crippen LogP contribution < -0.4 is 5.32 Å². The first-order valence-electron chi connectivity index (χ1n) is 6.70. The summed E-state index contributed by atoms with van der Waals surface area (Å²) in [4.78, 5) is 0. The molecule has 0 spiro atoms. The van der Waals surface area contributed by atoms with E-state index in [1.807, 2.05) is 0 Å². The van der Waals surface area contributed by atoms with Crippen molar-refractivity contribution in [3.8, 4) is 0 Å². The monoisotopic (exact) mass is 245 g/mol. The minimum atomic E-state index is -0.0228. The van der Waals surface area contributed by atoms with Crippen LogP contribution in [0.2, 0.25) is 0 Å². The van der Waals surface area contributed by atoms with E-state index in [1.165, 1.54) is 0 Å². The Labute approximate surface area is 107 Å². The molecule has 0 aromatic rings. The second kappa shape index (κ2) is 8.90. The lowest BCUT2D eigenvalue weighted by Crippen LogP contribution is -2.30. The van der Waals surface area contributed by atoms with E-state index in [2.05, 4.69) is 39.9 Å². The number of methoxy groups -OCH3 is 1. The van der Waals surface area contributed by atoms with E-state index in [-0.39, 0.29) is 5.60 Å². The summed E-state index contributed by atoms with van der Waals surface area (Å²) in [5.41, 5.74) is -0.0228. The Bertz CT molecular complexity index is 176. The van der Waals surface area contributed by atoms with Gasteiger partial charge in [0.1, 0.15) is 0 Å². The van der Waals surface area contributed by atoms with Gasteiger partial charge in [-0.05, 0) is 45.6 Å². The van der Waals surface area contributed by atoms with Gasteiger partial charge < -0.3 is 14.8 Å². The summed E-state index contributed by atoms with van der Waals surface area (Å²) in [7, 11) is 1.73. The van der Waals surface area contributed by atoms with Crippen molar-refractivity contribution in [2.45, 2.75) is 46.6 Å². The molecule has 0 amide bonds. The zero-order valence-electron chi connectivity index (χ0n) is 12.5. The topological polar surface area (TPSA) is 30.5 Å². The van der Waals surface area contributed by atoms with Crippen LogP contribution >= 0.6 is 0 Å². The van der Waals surface area contributed by atoms with E-state index in [0.717, 1.165) is 32.7 Å². The van der Waals surface area contributed by atoms with Crippen LogP contribution in [-0.4, -0.2) is 39.0 Å². The highest BCUT2D eigenvalue weighted by molar-refractivity contribution is 4.67. The molecule has 0 aromatic heterocycles. The molecule has 1 N–H and O–H groups in total. The number of hydrogen-bond acceptors (Lipinski definition) is 3. The largest absolute Gasteiger partial charge is 0.383 e. The third-order valence-corrected chi connectivity index (χ3v) is 2.86. The normalized spacial score (nSPS) is 14.3. The SMILES string of the molecule is COCCNCC(CCOC(C)(C)C)C(C)C. The Morgan fingerprint density at radius 3 is 2.24 bits per heavy atom. The Hall–Kier alpha value is -0.120. The van der Waals surface area contributed by atoms with Gasteiger partial charge in [0.05, 0.1) is 12.2 Å². The van der Waals surface area contributed by atoms with Gasteiger partial charge in [0.2, 0.25) is 0 Å². The van der Waals surface area contributed by atoms with Crippen LogP contribution in [0.15, 0.2) is 0 Å². The minimum absolute atomic E-state index is 0.0228. The van der Waals surface area contributed by atoms with Crippen molar-refractivity contribution in [1.29, 1.82) is 0 Å². The highest BCUT2D eigenvalue weighted by atomic mass is 16.5. The maximum atomic E-state index is 5.78. The smallest absolute Gasteiger partial charge is 0.0598 e. The summed E-state index contributed by atoms with van der Waals surface area (Å²) < 4.78 is 10.8. The molecule has 0 fully saturated rings. The molecule has 0 saturated heterocycles. The van der Waals surface area contributed by atoms with E-state index in [4.69, 9.17) is 9.47 Å². The standard InChI is InChI=1S/C14H31NO2/c1-12(2)13(11-15-8-10-16-6)7-9-17-14(3,4)5/h12-13,15H,7-11H2,1-6H3. The fraction of sp³-hybridized carbons (Fsp3) is 1.00. The summed E-state index contributed by atoms with van der Waals surface area (Å²) in [6.07, 6.45) is 1.12. The molecular formula is C14H31NO2. The molecule has 0 aliphatic rings. The molecule has 0 radical (unpaired) electrons. The molecule has 0 aliphatic heterocycles. The van der Waals surface area contributed by atoms with Crippen LogP contribution in [-0.2, 0) is 9.47 Å². The number of rotatable bonds is 9. The van der Waals surface area contributed by atoms with E-state index in [9.17, 15) is 0 Å². The Balaban J connectivity index is 3.75. The van der Waals surface area contributed by atoms with Crippen molar-refractivity contribution in [3.63, 3.8) is 0 Å². The minimum Gasteiger partial charge on any atom is -0.383 e. The average molecular weight is 245 g/mol. The quantitative estimate of drug-likeness (QED) is 0.634. The molecule has 0 heterocycles. The van der Waals surface area contributed by atoms with Gasteiger partial charge in [0.15, 0.2) is 0 Å². The predicted molar refractivity (Wildman–Crippen MR) is 73.4 cm³/mol. The third-order valence-electron chi connectivity index (χ3n) is 2.86. The molecule has 0 aromatic carbocycles. The molecule has 17 heavy (non-hydrogen) atoms. The molecule has 3 nitrogen and oxygen atoms in total. The lowest BCUT2D eigenvalue weighted by atomic mass is 9.93. The zero-order chi connectivity index (χ0) is 13.3. The van der Waals surface area contributed by atoms with E-state index < -0.39 is 0 Å². The fourth-order valence-electron chi connectivity index (χ4n) is 1.65. The first kappa shape index (κ1) is 16.9. The van der Waals surface area contributed by atoms with Crippen LogP contribution in [0.25, 0.3) is 0 Å². The molecule has 0 aliphatic carbocycles. The van der Waals surface area contributed by atoms with Crippen molar-refractivity contribution >= 4 is 0 Å². The molecule has 104 valence electrons. The van der Waals surface area contributed by atoms with E-state index in [0.29, 0.717) is 11.8 Å². The molecule has 0 rings (SSSR count). The molecule has 0 saturated carbocycles. The number of ether oxygens (including phenoxy) is 2. The van der Waals surface area contributed by atoms with Crippen LogP contribution in [0.1, 0.15) is 41.0 Å². The summed E-state index contributed by atoms with van der Waals surface area (Å²) in [5, 5.41) is 3.43. The average Bonchev–Trinajstić information content (AvgIpc) is 2.19. The summed E-state index contributed by atoms with van der Waals surface area (Å²) in [5.74, 6) is 1.36. The van der Waals surface area contributed by atoms with Gasteiger partial charge in [-0.1, -0.05) is 13.8 Å². The first-order valence-corrected chi connectivity index (χ1v) is 6.70. The summed E-state index contributed by atoms with van der Waals surface area (Å²) in [6.45, 7) is 14.5. The van der Waals surface area contributed by atoms with Gasteiger partial charge in [-0.3, -0.25) is 0 Å². The maximum absolute atomic E-state index is 5.78. The van der Waals surface area contributed by atoms with Crippen LogP contribution in [0, 0.1) is 11.8 Å². The first-order chi connectivity index (χ1) is 7.87. The van der Waals surface area contributed by atoms with Crippen molar-refractivity contribution < 1.29 is 9.47 Å². The lowest BCUT2D eigenvalue weighted by molar-refractivity contribution is -0.0115. The van der Waals surface area contributed by atoms with Gasteiger partial charge >= 0.3 is 0 Å². The van der Waals surface area contributed by atoms with Gasteiger partial charge in [-0.15, -0.1) is 0 Å². The van der Waals surface area contributed by atoms with Gasteiger partial charge in [0, 0.05) is 20.3 Å². The second-order valence-electron chi connectivity index (χ2n) is 5.95. The Morgan fingerprint density at radius 2 is 1.76 bits per heavy atom. The number of hydrogen-bond donors (Lipinski definition) is 1. The van der Waals surface area contributed by atoms with Crippen LogP contribution in [0.3, 0.4) is 0 Å². The van der Waals surface area contributed by atoms with E-state index in [1.54, 1.807) is 7.11 Å². The second-order valence-corrected chi connectivity index (χ2v) is 5.95. The van der Waals surface area contributed by atoms with Crippen molar-refractivity contribution in [2.75, 3.05) is 33.4 Å². The molecule has 1 unspecified atom stereocenters. The highest BCUT2D eigenvalue weighted by Crippen LogP contribution is 2.16. The van der Waals surface area contributed by atoms with Crippen molar-refractivity contribution in [2.24, 2.45) is 11.8 Å². The number of nitrogens with one attached hydrogen (secondary N) is 1. The third kappa shape index (κ3) is 10.7. The lowest BCUT2D eigenvalue weighted by Gasteiger charge is -2.25. The Kier molecular flexibility index (Phi) is 8.83. The molecule has 3 heteroatoms. The summed E-state index contributed by atoms with van der Waals surface area (Å²) in [6, 6.07) is 0. The molecule has 1 atom stereocenters. The molecule has 0 bridgehead atoms. The van der Waals surface area contributed by atoms with Crippen molar-refractivity contribution in [1.82, 2.24) is 5.32 Å². The van der Waals surface area contributed by atoms with Crippen molar-refractivity contribution in [3.05, 3.63) is 0 Å². The van der Waals surface area contributed by atoms with Crippen LogP contribution in [0.5, 0.6) is 0 Å². The molecular weight excluding hydrogens is 214 g/mol. The fourth-order valence-corrected chi connectivity index (χ4v) is 1.65. The van der Waals surface area contributed by atoms with Gasteiger partial charge in [0.25, 0.3) is 0 Å². The summed E-state index contributed by atoms with van der Waals surface area (Å²) >= 11 is 0.